The van der Waals surface area contributed by atoms with E-state index in [0.717, 1.165) is 11.3 Å². The minimum atomic E-state index is -0.988. The van der Waals surface area contributed by atoms with Gasteiger partial charge in [0.15, 0.2) is 0 Å². The molecule has 1 unspecified atom stereocenters. The Balaban J connectivity index is 2.25. The largest absolute Gasteiger partial charge is 0.443 e. The highest BCUT2D eigenvalue weighted by Gasteiger charge is 2.26. The third-order valence-corrected chi connectivity index (χ3v) is 4.33. The van der Waals surface area contributed by atoms with Gasteiger partial charge in [-0.3, -0.25) is 0 Å². The van der Waals surface area contributed by atoms with Crippen molar-refractivity contribution in [3.8, 4) is 16.9 Å². The Labute approximate surface area is 102 Å². The summed E-state index contributed by atoms with van der Waals surface area (Å²) in [6.07, 6.45) is 0. The SMILES string of the molecule is COP1Oc2ccccc2-c2ccc(C)cc21. The summed E-state index contributed by atoms with van der Waals surface area (Å²) >= 11 is 0. The zero-order valence-electron chi connectivity index (χ0n) is 9.81. The molecule has 17 heavy (non-hydrogen) atoms. The molecule has 2 aromatic rings. The summed E-state index contributed by atoms with van der Waals surface area (Å²) in [5.41, 5.74) is 3.61. The van der Waals surface area contributed by atoms with Crippen LogP contribution in [0.15, 0.2) is 42.5 Å². The van der Waals surface area contributed by atoms with Gasteiger partial charge in [-0.2, -0.15) is 0 Å². The summed E-state index contributed by atoms with van der Waals surface area (Å²) in [6, 6.07) is 14.5. The lowest BCUT2D eigenvalue weighted by Gasteiger charge is -2.26. The molecule has 0 aliphatic carbocycles. The second-order valence-electron chi connectivity index (χ2n) is 4.05. The van der Waals surface area contributed by atoms with Crippen molar-refractivity contribution in [2.24, 2.45) is 0 Å². The molecule has 1 heterocycles. The van der Waals surface area contributed by atoms with E-state index in [-0.39, 0.29) is 0 Å². The first-order valence-electron chi connectivity index (χ1n) is 5.52. The summed E-state index contributed by atoms with van der Waals surface area (Å²) in [5, 5.41) is 1.17. The molecule has 0 N–H and O–H groups in total. The van der Waals surface area contributed by atoms with Gasteiger partial charge >= 0.3 is 0 Å². The van der Waals surface area contributed by atoms with Crippen molar-refractivity contribution in [3.63, 3.8) is 0 Å². The summed E-state index contributed by atoms with van der Waals surface area (Å²) in [5.74, 6) is 0.914. The smallest absolute Gasteiger partial charge is 0.265 e. The topological polar surface area (TPSA) is 18.5 Å². The molecule has 3 rings (SSSR count). The minimum absolute atomic E-state index is 0.914. The summed E-state index contributed by atoms with van der Waals surface area (Å²) in [7, 11) is 0.712. The second kappa shape index (κ2) is 4.14. The highest BCUT2D eigenvalue weighted by atomic mass is 31.2. The van der Waals surface area contributed by atoms with Crippen molar-refractivity contribution < 1.29 is 9.05 Å². The van der Waals surface area contributed by atoms with E-state index in [1.54, 1.807) is 7.11 Å². The lowest BCUT2D eigenvalue weighted by Crippen LogP contribution is -2.15. The molecule has 0 saturated carbocycles. The van der Waals surface area contributed by atoms with Crippen LogP contribution in [-0.4, -0.2) is 7.11 Å². The van der Waals surface area contributed by atoms with Gasteiger partial charge in [0.1, 0.15) is 5.75 Å². The van der Waals surface area contributed by atoms with Crippen LogP contribution in [0.2, 0.25) is 0 Å². The standard InChI is InChI=1S/C14H13O2P/c1-10-7-8-12-11-5-3-4-6-13(11)16-17(15-2)14(12)9-10/h3-9H,1-2H3. The number of rotatable bonds is 1. The van der Waals surface area contributed by atoms with Crippen molar-refractivity contribution in [3.05, 3.63) is 48.0 Å². The Kier molecular flexibility index (Phi) is 2.62. The lowest BCUT2D eigenvalue weighted by atomic mass is 10.0. The normalized spacial score (nSPS) is 16.9. The highest BCUT2D eigenvalue weighted by Crippen LogP contribution is 2.48. The number of hydrogen-bond donors (Lipinski definition) is 0. The fraction of sp³-hybridized carbons (Fsp3) is 0.143. The lowest BCUT2D eigenvalue weighted by molar-refractivity contribution is 0.404. The van der Waals surface area contributed by atoms with Gasteiger partial charge in [0.25, 0.3) is 8.38 Å². The third-order valence-electron chi connectivity index (χ3n) is 2.87. The summed E-state index contributed by atoms with van der Waals surface area (Å²) in [4.78, 5) is 0. The average molecular weight is 244 g/mol. The van der Waals surface area contributed by atoms with E-state index in [2.05, 4.69) is 31.2 Å². The molecule has 0 amide bonds. The van der Waals surface area contributed by atoms with Crippen LogP contribution < -0.4 is 9.83 Å². The molecule has 0 aromatic heterocycles. The quantitative estimate of drug-likeness (QED) is 0.713. The maximum Gasteiger partial charge on any atom is 0.265 e. The molecule has 1 aliphatic heterocycles. The van der Waals surface area contributed by atoms with Gasteiger partial charge in [0.05, 0.1) is 5.30 Å². The first-order valence-corrected chi connectivity index (χ1v) is 6.69. The van der Waals surface area contributed by atoms with Crippen molar-refractivity contribution in [1.82, 2.24) is 0 Å². The Morgan fingerprint density at radius 1 is 1.06 bits per heavy atom. The highest BCUT2D eigenvalue weighted by molar-refractivity contribution is 7.56. The number of hydrogen-bond acceptors (Lipinski definition) is 2. The van der Waals surface area contributed by atoms with E-state index >= 15 is 0 Å². The van der Waals surface area contributed by atoms with E-state index in [1.165, 1.54) is 16.4 Å². The number of fused-ring (bicyclic) bond motifs is 3. The minimum Gasteiger partial charge on any atom is -0.443 e. The predicted molar refractivity (Wildman–Crippen MR) is 70.8 cm³/mol. The monoisotopic (exact) mass is 244 g/mol. The Bertz CT molecular complexity index is 566. The van der Waals surface area contributed by atoms with Gasteiger partial charge in [-0.1, -0.05) is 35.9 Å². The molecule has 3 heteroatoms. The van der Waals surface area contributed by atoms with Crippen molar-refractivity contribution in [2.45, 2.75) is 6.92 Å². The van der Waals surface area contributed by atoms with Gasteiger partial charge in [0.2, 0.25) is 0 Å². The molecule has 2 nitrogen and oxygen atoms in total. The average Bonchev–Trinajstić information content (AvgIpc) is 2.37. The molecule has 1 aliphatic rings. The zero-order valence-corrected chi connectivity index (χ0v) is 10.7. The predicted octanol–water partition coefficient (Wildman–Crippen LogP) is 3.64. The van der Waals surface area contributed by atoms with Crippen LogP contribution in [0.25, 0.3) is 11.1 Å². The van der Waals surface area contributed by atoms with E-state index in [0.29, 0.717) is 0 Å². The maximum atomic E-state index is 5.91. The zero-order chi connectivity index (χ0) is 11.8. The maximum absolute atomic E-state index is 5.91. The van der Waals surface area contributed by atoms with Crippen LogP contribution in [0, 0.1) is 6.92 Å². The van der Waals surface area contributed by atoms with Crippen LogP contribution in [0.3, 0.4) is 0 Å². The van der Waals surface area contributed by atoms with E-state index in [9.17, 15) is 0 Å². The summed E-state index contributed by atoms with van der Waals surface area (Å²) < 4.78 is 11.4. The van der Waals surface area contributed by atoms with Crippen LogP contribution in [-0.2, 0) is 4.52 Å². The molecule has 0 fully saturated rings. The molecule has 0 spiro atoms. The first-order chi connectivity index (χ1) is 8.29. The molecule has 0 bridgehead atoms. The van der Waals surface area contributed by atoms with Crippen LogP contribution in [0.1, 0.15) is 5.56 Å². The van der Waals surface area contributed by atoms with Crippen molar-refractivity contribution in [2.75, 3.05) is 7.11 Å². The number of benzene rings is 2. The third kappa shape index (κ3) is 1.74. The van der Waals surface area contributed by atoms with Crippen molar-refractivity contribution >= 4 is 13.7 Å². The van der Waals surface area contributed by atoms with Gasteiger partial charge < -0.3 is 9.05 Å². The molecule has 86 valence electrons. The van der Waals surface area contributed by atoms with Gasteiger partial charge in [-0.25, -0.2) is 0 Å². The van der Waals surface area contributed by atoms with Crippen LogP contribution >= 0.6 is 8.38 Å². The molecule has 0 radical (unpaired) electrons. The van der Waals surface area contributed by atoms with E-state index in [1.807, 2.05) is 18.2 Å². The summed E-state index contributed by atoms with van der Waals surface area (Å²) in [6.45, 7) is 2.09. The first kappa shape index (κ1) is 10.8. The van der Waals surface area contributed by atoms with Crippen molar-refractivity contribution in [1.29, 1.82) is 0 Å². The number of para-hydroxylation sites is 1. The van der Waals surface area contributed by atoms with E-state index < -0.39 is 8.38 Å². The van der Waals surface area contributed by atoms with E-state index in [4.69, 9.17) is 9.05 Å². The van der Waals surface area contributed by atoms with Gasteiger partial charge in [-0.15, -0.1) is 0 Å². The number of aryl methyl sites for hydroxylation is 1. The molecule has 2 aromatic carbocycles. The fourth-order valence-electron chi connectivity index (χ4n) is 2.06. The van der Waals surface area contributed by atoms with Gasteiger partial charge in [-0.05, 0) is 24.6 Å². The molecular weight excluding hydrogens is 231 g/mol. The molecule has 1 atom stereocenters. The Hall–Kier alpha value is -1.37. The molecule has 0 saturated heterocycles. The van der Waals surface area contributed by atoms with Gasteiger partial charge in [0, 0.05) is 12.7 Å². The van der Waals surface area contributed by atoms with Crippen LogP contribution in [0.4, 0.5) is 0 Å². The molecular formula is C14H13O2P. The Morgan fingerprint density at radius 2 is 1.88 bits per heavy atom. The fourth-order valence-corrected chi connectivity index (χ4v) is 3.47. The van der Waals surface area contributed by atoms with Crippen LogP contribution in [0.5, 0.6) is 5.75 Å². The second-order valence-corrected chi connectivity index (χ2v) is 5.59. The Morgan fingerprint density at radius 3 is 2.71 bits per heavy atom.